The largest absolute Gasteiger partial charge is 0.478 e. The van der Waals surface area contributed by atoms with Gasteiger partial charge in [0.2, 0.25) is 11.9 Å². The van der Waals surface area contributed by atoms with Gasteiger partial charge in [-0.05, 0) is 26.0 Å². The van der Waals surface area contributed by atoms with Crippen LogP contribution in [0.15, 0.2) is 33.9 Å². The molecule has 0 aliphatic carbocycles. The molecule has 1 aromatic heterocycles. The SMILES string of the molecule is CC(/C=N/O[C@@H](C)C(=O)O)NC(=O)c1ccc(-c2noc(C(F)(F)F)n2)cc1. The standard InChI is InChI=1S/C16H15F3N4O5/c1-8(7-20-27-9(2)14(25)26)21-13(24)11-5-3-10(4-6-11)12-22-15(28-23-12)16(17,18)19/h3-9H,1-2H3,(H,21,24)(H,25,26)/b20-7+/t8?,9-/m0/s1. The molecule has 0 saturated heterocycles. The van der Waals surface area contributed by atoms with Crippen molar-refractivity contribution in [3.8, 4) is 11.4 Å². The molecule has 0 aliphatic heterocycles. The fourth-order valence-electron chi connectivity index (χ4n) is 1.82. The number of oxime groups is 1. The maximum absolute atomic E-state index is 12.5. The minimum absolute atomic E-state index is 0.225. The molecule has 2 N–H and O–H groups in total. The number of nitrogens with zero attached hydrogens (tertiary/aromatic N) is 3. The molecule has 150 valence electrons. The Kier molecular flexibility index (Phi) is 6.33. The zero-order valence-corrected chi connectivity index (χ0v) is 14.6. The Hall–Kier alpha value is -3.44. The molecule has 1 amide bonds. The lowest BCUT2D eigenvalue weighted by atomic mass is 10.1. The normalized spacial score (nSPS) is 13.9. The maximum Gasteiger partial charge on any atom is 0.471 e. The molecule has 9 nitrogen and oxygen atoms in total. The summed E-state index contributed by atoms with van der Waals surface area (Å²) in [6.45, 7) is 2.88. The number of carbonyl (C=O) groups is 2. The minimum atomic E-state index is -4.74. The van der Waals surface area contributed by atoms with Crippen molar-refractivity contribution in [2.24, 2.45) is 5.16 Å². The lowest BCUT2D eigenvalue weighted by Crippen LogP contribution is -2.33. The van der Waals surface area contributed by atoms with Crippen LogP contribution in [0.4, 0.5) is 13.2 Å². The summed E-state index contributed by atoms with van der Waals surface area (Å²) in [5.41, 5.74) is 0.463. The van der Waals surface area contributed by atoms with E-state index < -0.39 is 36.1 Å². The number of aromatic nitrogens is 2. The highest BCUT2D eigenvalue weighted by Crippen LogP contribution is 2.29. The van der Waals surface area contributed by atoms with Gasteiger partial charge in [0.05, 0.1) is 12.3 Å². The Labute approximate surface area is 156 Å². The highest BCUT2D eigenvalue weighted by Gasteiger charge is 2.38. The molecule has 0 fully saturated rings. The van der Waals surface area contributed by atoms with Gasteiger partial charge < -0.3 is 19.8 Å². The van der Waals surface area contributed by atoms with Crippen molar-refractivity contribution < 1.29 is 37.2 Å². The van der Waals surface area contributed by atoms with Gasteiger partial charge in [-0.2, -0.15) is 18.2 Å². The van der Waals surface area contributed by atoms with E-state index in [-0.39, 0.29) is 17.0 Å². The van der Waals surface area contributed by atoms with E-state index >= 15 is 0 Å². The van der Waals surface area contributed by atoms with Gasteiger partial charge in [-0.25, -0.2) is 4.79 Å². The van der Waals surface area contributed by atoms with Crippen LogP contribution >= 0.6 is 0 Å². The third kappa shape index (κ3) is 5.53. The number of carbonyl (C=O) groups excluding carboxylic acids is 1. The number of benzene rings is 1. The number of halogens is 3. The van der Waals surface area contributed by atoms with E-state index in [0.717, 1.165) is 0 Å². The molecule has 0 bridgehead atoms. The molecule has 1 aromatic carbocycles. The lowest BCUT2D eigenvalue weighted by molar-refractivity contribution is -0.159. The van der Waals surface area contributed by atoms with Crippen LogP contribution in [0.1, 0.15) is 30.1 Å². The van der Waals surface area contributed by atoms with E-state index in [1.165, 1.54) is 37.4 Å². The predicted octanol–water partition coefficient (Wildman–Crippen LogP) is 2.35. The molecule has 0 spiro atoms. The fraction of sp³-hybridized carbons (Fsp3) is 0.312. The number of aliphatic carboxylic acids is 1. The molecule has 0 radical (unpaired) electrons. The number of nitrogens with one attached hydrogen (secondary N) is 1. The summed E-state index contributed by atoms with van der Waals surface area (Å²) >= 11 is 0. The van der Waals surface area contributed by atoms with Crippen molar-refractivity contribution >= 4 is 18.1 Å². The van der Waals surface area contributed by atoms with E-state index in [1.807, 2.05) is 0 Å². The van der Waals surface area contributed by atoms with Crippen molar-refractivity contribution in [3.05, 3.63) is 35.7 Å². The van der Waals surface area contributed by atoms with Crippen molar-refractivity contribution in [2.75, 3.05) is 0 Å². The van der Waals surface area contributed by atoms with Gasteiger partial charge in [0.25, 0.3) is 5.91 Å². The van der Waals surface area contributed by atoms with Crippen LogP contribution in [-0.2, 0) is 15.8 Å². The number of hydrogen-bond acceptors (Lipinski definition) is 7. The van der Waals surface area contributed by atoms with Gasteiger partial charge >= 0.3 is 18.0 Å². The Morgan fingerprint density at radius 3 is 2.46 bits per heavy atom. The molecule has 1 unspecified atom stereocenters. The molecular weight excluding hydrogens is 385 g/mol. The number of hydrogen-bond donors (Lipinski definition) is 2. The molecule has 28 heavy (non-hydrogen) atoms. The van der Waals surface area contributed by atoms with E-state index in [2.05, 4.69) is 30.0 Å². The average molecular weight is 400 g/mol. The van der Waals surface area contributed by atoms with Crippen molar-refractivity contribution in [2.45, 2.75) is 32.2 Å². The Morgan fingerprint density at radius 1 is 1.29 bits per heavy atom. The zero-order chi connectivity index (χ0) is 20.9. The monoisotopic (exact) mass is 400 g/mol. The first-order valence-electron chi connectivity index (χ1n) is 7.82. The molecule has 2 atom stereocenters. The minimum Gasteiger partial charge on any atom is -0.478 e. The number of alkyl halides is 3. The van der Waals surface area contributed by atoms with Crippen molar-refractivity contribution in [1.82, 2.24) is 15.5 Å². The molecule has 2 aromatic rings. The van der Waals surface area contributed by atoms with E-state index in [0.29, 0.717) is 0 Å². The topological polar surface area (TPSA) is 127 Å². The molecule has 2 rings (SSSR count). The smallest absolute Gasteiger partial charge is 0.471 e. The summed E-state index contributed by atoms with van der Waals surface area (Å²) in [6, 6.07) is 4.93. The lowest BCUT2D eigenvalue weighted by Gasteiger charge is -2.10. The first-order valence-corrected chi connectivity index (χ1v) is 7.82. The second kappa shape index (κ2) is 8.50. The maximum atomic E-state index is 12.5. The van der Waals surface area contributed by atoms with E-state index in [4.69, 9.17) is 5.11 Å². The van der Waals surface area contributed by atoms with Crippen molar-refractivity contribution in [3.63, 3.8) is 0 Å². The number of amides is 1. The van der Waals surface area contributed by atoms with Crippen LogP contribution in [0.3, 0.4) is 0 Å². The molecule has 0 saturated carbocycles. The summed E-state index contributed by atoms with van der Waals surface area (Å²) in [6.07, 6.45) is -4.66. The van der Waals surface area contributed by atoms with Crippen LogP contribution in [0.2, 0.25) is 0 Å². The third-order valence-corrected chi connectivity index (χ3v) is 3.28. The highest BCUT2D eigenvalue weighted by atomic mass is 19.4. The predicted molar refractivity (Wildman–Crippen MR) is 88.3 cm³/mol. The Balaban J connectivity index is 1.97. The van der Waals surface area contributed by atoms with Gasteiger partial charge in [0, 0.05) is 11.1 Å². The van der Waals surface area contributed by atoms with Gasteiger partial charge in [-0.1, -0.05) is 22.4 Å². The number of carboxylic acid groups (broad SMARTS) is 1. The van der Waals surface area contributed by atoms with Crippen LogP contribution in [0.25, 0.3) is 11.4 Å². The summed E-state index contributed by atoms with van der Waals surface area (Å²) in [5.74, 6) is -3.39. The fourth-order valence-corrected chi connectivity index (χ4v) is 1.82. The molecular formula is C16H15F3N4O5. The quantitative estimate of drug-likeness (QED) is 0.539. The van der Waals surface area contributed by atoms with E-state index in [1.54, 1.807) is 6.92 Å². The summed E-state index contributed by atoms with van der Waals surface area (Å²) in [7, 11) is 0. The van der Waals surface area contributed by atoms with Crippen LogP contribution in [-0.4, -0.2) is 45.5 Å². The van der Waals surface area contributed by atoms with Gasteiger partial charge in [-0.3, -0.25) is 4.79 Å². The van der Waals surface area contributed by atoms with Gasteiger partial charge in [-0.15, -0.1) is 0 Å². The summed E-state index contributed by atoms with van der Waals surface area (Å²) < 4.78 is 41.6. The summed E-state index contributed by atoms with van der Waals surface area (Å²) in [4.78, 5) is 30.6. The third-order valence-electron chi connectivity index (χ3n) is 3.28. The average Bonchev–Trinajstić information content (AvgIpc) is 3.12. The van der Waals surface area contributed by atoms with Crippen LogP contribution in [0, 0.1) is 0 Å². The number of rotatable bonds is 7. The van der Waals surface area contributed by atoms with Gasteiger partial charge in [0.1, 0.15) is 0 Å². The highest BCUT2D eigenvalue weighted by molar-refractivity contribution is 5.96. The zero-order valence-electron chi connectivity index (χ0n) is 14.6. The molecule has 1 heterocycles. The second-order valence-electron chi connectivity index (χ2n) is 5.60. The summed E-state index contributed by atoms with van der Waals surface area (Å²) in [5, 5.41) is 17.9. The Morgan fingerprint density at radius 2 is 1.93 bits per heavy atom. The molecule has 12 heteroatoms. The Bertz CT molecular complexity index is 864. The first kappa shape index (κ1) is 20.9. The number of carboxylic acids is 1. The van der Waals surface area contributed by atoms with Crippen molar-refractivity contribution in [1.29, 1.82) is 0 Å². The van der Waals surface area contributed by atoms with Crippen LogP contribution < -0.4 is 5.32 Å². The van der Waals surface area contributed by atoms with Crippen LogP contribution in [0.5, 0.6) is 0 Å². The molecule has 0 aliphatic rings. The second-order valence-corrected chi connectivity index (χ2v) is 5.60. The first-order chi connectivity index (χ1) is 13.1. The van der Waals surface area contributed by atoms with Gasteiger partial charge in [0.15, 0.2) is 0 Å². The van der Waals surface area contributed by atoms with E-state index in [9.17, 15) is 22.8 Å².